The Morgan fingerprint density at radius 2 is 1.62 bits per heavy atom. The number of fused-ring (bicyclic) bond motifs is 1. The zero-order valence-electron chi connectivity index (χ0n) is 13.2. The number of H-pyrrole nitrogens is 1. The fourth-order valence-electron chi connectivity index (χ4n) is 3.18. The lowest BCUT2D eigenvalue weighted by Gasteiger charge is -2.02. The molecule has 2 saturated heterocycles. The van der Waals surface area contributed by atoms with Crippen molar-refractivity contribution in [2.75, 3.05) is 0 Å². The molecule has 2 aromatic rings. The van der Waals surface area contributed by atoms with Gasteiger partial charge in [0.1, 0.15) is 0 Å². The van der Waals surface area contributed by atoms with Gasteiger partial charge in [0.15, 0.2) is 0 Å². The highest BCUT2D eigenvalue weighted by atomic mass is 16.6. The number of ether oxygens (including phenoxy) is 2. The van der Waals surface area contributed by atoms with Crippen LogP contribution in [0.5, 0.6) is 0 Å². The monoisotopic (exact) mass is 285 g/mol. The third kappa shape index (κ3) is 2.39. The summed E-state index contributed by atoms with van der Waals surface area (Å²) in [6, 6.07) is 6.70. The fourth-order valence-corrected chi connectivity index (χ4v) is 3.18. The Labute approximate surface area is 125 Å². The molecule has 1 aromatic carbocycles. The van der Waals surface area contributed by atoms with Gasteiger partial charge in [-0.3, -0.25) is 0 Å². The van der Waals surface area contributed by atoms with E-state index in [1.807, 2.05) is 0 Å². The minimum absolute atomic E-state index is 0.0487. The predicted octanol–water partition coefficient (Wildman–Crippen LogP) is 3.61. The molecule has 112 valence electrons. The van der Waals surface area contributed by atoms with Crippen LogP contribution in [0.3, 0.4) is 0 Å². The van der Waals surface area contributed by atoms with E-state index in [0.717, 1.165) is 12.8 Å². The van der Waals surface area contributed by atoms with Crippen molar-refractivity contribution < 1.29 is 9.47 Å². The Balaban J connectivity index is 1.57. The van der Waals surface area contributed by atoms with Gasteiger partial charge in [0.25, 0.3) is 0 Å². The summed E-state index contributed by atoms with van der Waals surface area (Å²) < 4.78 is 11.4. The van der Waals surface area contributed by atoms with Gasteiger partial charge in [0.05, 0.1) is 23.4 Å². The molecule has 3 nitrogen and oxygen atoms in total. The summed E-state index contributed by atoms with van der Waals surface area (Å²) in [5, 5.41) is 1.33. The summed E-state index contributed by atoms with van der Waals surface area (Å²) in [7, 11) is 0. The minimum Gasteiger partial charge on any atom is -0.366 e. The number of hydrogen-bond donors (Lipinski definition) is 1. The van der Waals surface area contributed by atoms with E-state index in [4.69, 9.17) is 9.47 Å². The van der Waals surface area contributed by atoms with Gasteiger partial charge in [-0.05, 0) is 51.0 Å². The number of rotatable bonds is 4. The molecule has 0 amide bonds. The Morgan fingerprint density at radius 1 is 1.00 bits per heavy atom. The van der Waals surface area contributed by atoms with Crippen molar-refractivity contribution in [2.24, 2.45) is 0 Å². The van der Waals surface area contributed by atoms with E-state index in [1.165, 1.54) is 22.0 Å². The van der Waals surface area contributed by atoms with Crippen LogP contribution in [-0.2, 0) is 22.3 Å². The lowest BCUT2D eigenvalue weighted by molar-refractivity contribution is 0.323. The highest BCUT2D eigenvalue weighted by molar-refractivity contribution is 5.84. The van der Waals surface area contributed by atoms with Gasteiger partial charge in [-0.2, -0.15) is 0 Å². The molecule has 1 N–H and O–H groups in total. The van der Waals surface area contributed by atoms with Crippen molar-refractivity contribution in [1.29, 1.82) is 0 Å². The smallest absolute Gasteiger partial charge is 0.0908 e. The van der Waals surface area contributed by atoms with Crippen molar-refractivity contribution >= 4 is 10.9 Å². The van der Waals surface area contributed by atoms with E-state index in [-0.39, 0.29) is 11.2 Å². The summed E-state index contributed by atoms with van der Waals surface area (Å²) in [6.45, 7) is 8.63. The molecule has 0 unspecified atom stereocenters. The molecule has 2 atom stereocenters. The maximum atomic E-state index is 5.72. The Hall–Kier alpha value is -1.32. The average Bonchev–Trinajstić information content (AvgIpc) is 3.11. The van der Waals surface area contributed by atoms with Crippen molar-refractivity contribution in [2.45, 2.75) is 63.9 Å². The quantitative estimate of drug-likeness (QED) is 0.872. The summed E-state index contributed by atoms with van der Waals surface area (Å²) in [5.41, 5.74) is 4.03. The van der Waals surface area contributed by atoms with Crippen LogP contribution in [0.15, 0.2) is 24.4 Å². The second-order valence-electron chi connectivity index (χ2n) is 7.52. The molecule has 21 heavy (non-hydrogen) atoms. The first kappa shape index (κ1) is 13.4. The number of epoxide rings is 2. The van der Waals surface area contributed by atoms with E-state index in [2.05, 4.69) is 57.1 Å². The van der Waals surface area contributed by atoms with Gasteiger partial charge in [-0.1, -0.05) is 6.07 Å². The standard InChI is InChI=1S/C18H23NO2/c1-17(2)15(20-17)8-11-5-6-14-13(7-11)12(10-19-14)9-16-18(3,4)21-16/h5-7,10,15-16,19H,8-9H2,1-4H3/t15-,16+/m0/s1. The molecule has 2 aliphatic heterocycles. The van der Waals surface area contributed by atoms with Gasteiger partial charge in [-0.25, -0.2) is 0 Å². The Bertz CT molecular complexity index is 698. The summed E-state index contributed by atoms with van der Waals surface area (Å²) in [5.74, 6) is 0. The predicted molar refractivity (Wildman–Crippen MR) is 83.6 cm³/mol. The van der Waals surface area contributed by atoms with Crippen molar-refractivity contribution in [1.82, 2.24) is 4.98 Å². The van der Waals surface area contributed by atoms with Crippen molar-refractivity contribution in [3.8, 4) is 0 Å². The Morgan fingerprint density at radius 3 is 2.24 bits per heavy atom. The molecule has 1 aromatic heterocycles. The SMILES string of the molecule is CC1(C)O[C@H]1Cc1ccc2[nH]cc(C[C@H]3OC3(C)C)c2c1. The summed E-state index contributed by atoms with van der Waals surface area (Å²) in [4.78, 5) is 3.37. The van der Waals surface area contributed by atoms with Crippen LogP contribution < -0.4 is 0 Å². The maximum Gasteiger partial charge on any atom is 0.0908 e. The third-order valence-corrected chi connectivity index (χ3v) is 4.99. The number of nitrogens with one attached hydrogen (secondary N) is 1. The molecule has 2 aliphatic rings. The molecule has 0 bridgehead atoms. The number of aromatic amines is 1. The van der Waals surface area contributed by atoms with Gasteiger partial charge in [-0.15, -0.1) is 0 Å². The first-order chi connectivity index (χ1) is 9.85. The fraction of sp³-hybridized carbons (Fsp3) is 0.556. The summed E-state index contributed by atoms with van der Waals surface area (Å²) in [6.07, 6.45) is 4.83. The van der Waals surface area contributed by atoms with Crippen LogP contribution in [0.1, 0.15) is 38.8 Å². The zero-order valence-corrected chi connectivity index (χ0v) is 13.2. The molecule has 0 aliphatic carbocycles. The molecule has 2 fully saturated rings. The third-order valence-electron chi connectivity index (χ3n) is 4.99. The first-order valence-electron chi connectivity index (χ1n) is 7.80. The molecule has 0 saturated carbocycles. The normalized spacial score (nSPS) is 28.8. The van der Waals surface area contributed by atoms with E-state index in [1.54, 1.807) is 0 Å². The van der Waals surface area contributed by atoms with Gasteiger partial charge in [0, 0.05) is 29.9 Å². The minimum atomic E-state index is 0.0487. The summed E-state index contributed by atoms with van der Waals surface area (Å²) >= 11 is 0. The molecular weight excluding hydrogens is 262 g/mol. The van der Waals surface area contributed by atoms with Crippen molar-refractivity contribution in [3.63, 3.8) is 0 Å². The maximum absolute atomic E-state index is 5.72. The number of aromatic nitrogens is 1. The largest absolute Gasteiger partial charge is 0.366 e. The van der Waals surface area contributed by atoms with Crippen LogP contribution in [-0.4, -0.2) is 28.4 Å². The van der Waals surface area contributed by atoms with Crippen LogP contribution in [0, 0.1) is 0 Å². The average molecular weight is 285 g/mol. The highest BCUT2D eigenvalue weighted by Gasteiger charge is 2.48. The van der Waals surface area contributed by atoms with E-state index >= 15 is 0 Å². The van der Waals surface area contributed by atoms with Crippen LogP contribution in [0.2, 0.25) is 0 Å². The second-order valence-corrected chi connectivity index (χ2v) is 7.52. The molecular formula is C18H23NO2. The van der Waals surface area contributed by atoms with Gasteiger partial charge in [0.2, 0.25) is 0 Å². The second kappa shape index (κ2) is 4.11. The van der Waals surface area contributed by atoms with Gasteiger partial charge < -0.3 is 14.5 Å². The lowest BCUT2D eigenvalue weighted by atomic mass is 9.98. The van der Waals surface area contributed by atoms with Crippen LogP contribution in [0.4, 0.5) is 0 Å². The first-order valence-corrected chi connectivity index (χ1v) is 7.80. The highest BCUT2D eigenvalue weighted by Crippen LogP contribution is 2.40. The van der Waals surface area contributed by atoms with E-state index < -0.39 is 0 Å². The molecule has 0 spiro atoms. The van der Waals surface area contributed by atoms with Crippen LogP contribution >= 0.6 is 0 Å². The lowest BCUT2D eigenvalue weighted by Crippen LogP contribution is -2.06. The molecule has 0 radical (unpaired) electrons. The molecule has 4 rings (SSSR count). The van der Waals surface area contributed by atoms with E-state index in [9.17, 15) is 0 Å². The zero-order chi connectivity index (χ0) is 14.8. The van der Waals surface area contributed by atoms with Crippen LogP contribution in [0.25, 0.3) is 10.9 Å². The topological polar surface area (TPSA) is 40.9 Å². The van der Waals surface area contributed by atoms with Gasteiger partial charge >= 0.3 is 0 Å². The number of hydrogen-bond acceptors (Lipinski definition) is 2. The number of benzene rings is 1. The van der Waals surface area contributed by atoms with E-state index in [0.29, 0.717) is 12.2 Å². The molecule has 3 heterocycles. The Kier molecular flexibility index (Phi) is 2.61. The molecule has 3 heteroatoms. The van der Waals surface area contributed by atoms with Crippen molar-refractivity contribution in [3.05, 3.63) is 35.5 Å².